The lowest BCUT2D eigenvalue weighted by molar-refractivity contribution is 0.173. The Bertz CT molecular complexity index is 573. The van der Waals surface area contributed by atoms with Crippen molar-refractivity contribution in [3.05, 3.63) is 36.2 Å². The maximum absolute atomic E-state index is 9.64. The molecule has 112 valence electrons. The molecule has 1 aromatic carbocycles. The zero-order valence-corrected chi connectivity index (χ0v) is 12.1. The average Bonchev–Trinajstić information content (AvgIpc) is 3.16. The molecule has 0 bridgehead atoms. The van der Waals surface area contributed by atoms with Gasteiger partial charge < -0.3 is 14.8 Å². The van der Waals surface area contributed by atoms with Crippen LogP contribution in [0.3, 0.4) is 0 Å². The van der Waals surface area contributed by atoms with Gasteiger partial charge in [-0.1, -0.05) is 12.1 Å². The number of likely N-dealkylation sites (N-methyl/N-ethyl adjacent to an activating group) is 1. The fourth-order valence-electron chi connectivity index (χ4n) is 2.79. The molecular weight excluding hydrogens is 268 g/mol. The van der Waals surface area contributed by atoms with Crippen LogP contribution in [0.2, 0.25) is 0 Å². The number of aromatic nitrogens is 2. The minimum Gasteiger partial charge on any atom is -0.423 e. The Hall–Kier alpha value is -1.76. The van der Waals surface area contributed by atoms with Crippen LogP contribution in [0.5, 0.6) is 0 Å². The number of hydrogen-bond acceptors (Lipinski definition) is 6. The van der Waals surface area contributed by atoms with Crippen molar-refractivity contribution in [2.24, 2.45) is 0 Å². The Morgan fingerprint density at radius 1 is 1.52 bits per heavy atom. The van der Waals surface area contributed by atoms with E-state index in [4.69, 9.17) is 4.42 Å². The molecule has 1 fully saturated rings. The van der Waals surface area contributed by atoms with Crippen LogP contribution in [0, 0.1) is 0 Å². The van der Waals surface area contributed by atoms with Gasteiger partial charge in [0.15, 0.2) is 0 Å². The minimum atomic E-state index is -0.188. The van der Waals surface area contributed by atoms with Gasteiger partial charge in [0.2, 0.25) is 12.3 Å². The van der Waals surface area contributed by atoms with Crippen molar-refractivity contribution in [2.45, 2.75) is 18.6 Å². The molecule has 0 amide bonds. The standard InChI is InChI=1S/C15H20N4O2/c1-16-14(9-19-6-5-13(20)8-19)11-3-2-4-12(7-11)15-18-17-10-21-15/h2-4,7,10,13-14,16,20H,5-6,8-9H2,1H3/t13-,14-/m0/s1. The van der Waals surface area contributed by atoms with Gasteiger partial charge >= 0.3 is 0 Å². The summed E-state index contributed by atoms with van der Waals surface area (Å²) in [6, 6.07) is 8.33. The van der Waals surface area contributed by atoms with E-state index in [1.165, 1.54) is 12.0 Å². The number of rotatable bonds is 5. The molecule has 1 aromatic heterocycles. The van der Waals surface area contributed by atoms with Crippen LogP contribution in [0.1, 0.15) is 18.0 Å². The van der Waals surface area contributed by atoms with E-state index in [9.17, 15) is 5.11 Å². The molecule has 2 atom stereocenters. The van der Waals surface area contributed by atoms with Crippen molar-refractivity contribution in [1.82, 2.24) is 20.4 Å². The van der Waals surface area contributed by atoms with Crippen molar-refractivity contribution in [1.29, 1.82) is 0 Å². The van der Waals surface area contributed by atoms with Gasteiger partial charge in [-0.2, -0.15) is 0 Å². The van der Waals surface area contributed by atoms with Crippen molar-refractivity contribution in [3.63, 3.8) is 0 Å². The van der Waals surface area contributed by atoms with Gasteiger partial charge in [0.25, 0.3) is 0 Å². The van der Waals surface area contributed by atoms with Crippen LogP contribution in [0.25, 0.3) is 11.5 Å². The first-order valence-electron chi connectivity index (χ1n) is 7.20. The smallest absolute Gasteiger partial charge is 0.247 e. The van der Waals surface area contributed by atoms with Crippen LogP contribution in [0.4, 0.5) is 0 Å². The molecule has 0 saturated carbocycles. The van der Waals surface area contributed by atoms with E-state index >= 15 is 0 Å². The average molecular weight is 288 g/mol. The quantitative estimate of drug-likeness (QED) is 0.857. The number of hydrogen-bond donors (Lipinski definition) is 2. The molecular formula is C15H20N4O2. The van der Waals surface area contributed by atoms with Crippen molar-refractivity contribution >= 4 is 0 Å². The molecule has 2 heterocycles. The van der Waals surface area contributed by atoms with E-state index in [1.807, 2.05) is 19.2 Å². The first kappa shape index (κ1) is 14.2. The van der Waals surface area contributed by atoms with Crippen molar-refractivity contribution in [2.75, 3.05) is 26.7 Å². The second-order valence-corrected chi connectivity index (χ2v) is 5.41. The van der Waals surface area contributed by atoms with Gasteiger partial charge in [-0.15, -0.1) is 10.2 Å². The van der Waals surface area contributed by atoms with Crippen LogP contribution in [0.15, 0.2) is 35.1 Å². The summed E-state index contributed by atoms with van der Waals surface area (Å²) in [7, 11) is 1.95. The highest BCUT2D eigenvalue weighted by Crippen LogP contribution is 2.23. The number of aliphatic hydroxyl groups excluding tert-OH is 1. The third-order valence-corrected chi connectivity index (χ3v) is 3.93. The van der Waals surface area contributed by atoms with Crippen LogP contribution in [-0.4, -0.2) is 53.0 Å². The van der Waals surface area contributed by atoms with E-state index in [0.29, 0.717) is 5.89 Å². The Balaban J connectivity index is 1.76. The van der Waals surface area contributed by atoms with Gasteiger partial charge in [0, 0.05) is 31.2 Å². The summed E-state index contributed by atoms with van der Waals surface area (Å²) in [6.45, 7) is 2.57. The summed E-state index contributed by atoms with van der Waals surface area (Å²) in [6.07, 6.45) is 2.01. The molecule has 0 radical (unpaired) electrons. The monoisotopic (exact) mass is 288 g/mol. The second-order valence-electron chi connectivity index (χ2n) is 5.41. The normalized spacial score (nSPS) is 20.8. The lowest BCUT2D eigenvalue weighted by Gasteiger charge is -2.23. The number of likely N-dealkylation sites (tertiary alicyclic amines) is 1. The molecule has 2 N–H and O–H groups in total. The molecule has 1 saturated heterocycles. The summed E-state index contributed by atoms with van der Waals surface area (Å²) in [5.74, 6) is 0.531. The molecule has 1 aliphatic heterocycles. The molecule has 3 rings (SSSR count). The van der Waals surface area contributed by atoms with Crippen molar-refractivity contribution in [3.8, 4) is 11.5 Å². The van der Waals surface area contributed by atoms with Gasteiger partial charge in [-0.25, -0.2) is 0 Å². The first-order chi connectivity index (χ1) is 10.3. The lowest BCUT2D eigenvalue weighted by Crippen LogP contribution is -2.33. The maximum atomic E-state index is 9.64. The molecule has 2 aromatic rings. The topological polar surface area (TPSA) is 74.4 Å². The minimum absolute atomic E-state index is 0.188. The number of nitrogens with zero attached hydrogens (tertiary/aromatic N) is 3. The predicted octanol–water partition coefficient (Wildman–Crippen LogP) is 1.06. The summed E-state index contributed by atoms with van der Waals surface area (Å²) in [5.41, 5.74) is 2.10. The largest absolute Gasteiger partial charge is 0.423 e. The molecule has 0 unspecified atom stereocenters. The Morgan fingerprint density at radius 2 is 2.43 bits per heavy atom. The Kier molecular flexibility index (Phi) is 4.28. The van der Waals surface area contributed by atoms with Gasteiger partial charge in [0.05, 0.1) is 6.10 Å². The van der Waals surface area contributed by atoms with E-state index in [-0.39, 0.29) is 12.1 Å². The highest BCUT2D eigenvalue weighted by Gasteiger charge is 2.23. The van der Waals surface area contributed by atoms with E-state index < -0.39 is 0 Å². The van der Waals surface area contributed by atoms with Crippen LogP contribution >= 0.6 is 0 Å². The summed E-state index contributed by atoms with van der Waals surface area (Å²) >= 11 is 0. The zero-order valence-electron chi connectivity index (χ0n) is 12.1. The third-order valence-electron chi connectivity index (χ3n) is 3.93. The molecule has 6 nitrogen and oxygen atoms in total. The fourth-order valence-corrected chi connectivity index (χ4v) is 2.79. The lowest BCUT2D eigenvalue weighted by atomic mass is 10.0. The number of aliphatic hydroxyl groups is 1. The second kappa shape index (κ2) is 6.34. The summed E-state index contributed by atoms with van der Waals surface area (Å²) in [5, 5.41) is 20.6. The van der Waals surface area contributed by atoms with Crippen molar-refractivity contribution < 1.29 is 9.52 Å². The summed E-state index contributed by atoms with van der Waals surface area (Å²) in [4.78, 5) is 2.28. The Morgan fingerprint density at radius 3 is 3.10 bits per heavy atom. The molecule has 0 spiro atoms. The highest BCUT2D eigenvalue weighted by molar-refractivity contribution is 5.54. The number of β-amino-alcohol motifs (C(OH)–C–C–N with tert-alkyl or cyclic N) is 1. The number of benzene rings is 1. The molecule has 0 aliphatic carbocycles. The van der Waals surface area contributed by atoms with Crippen LogP contribution < -0.4 is 5.32 Å². The summed E-state index contributed by atoms with van der Waals surface area (Å²) < 4.78 is 5.25. The Labute approximate surface area is 123 Å². The number of nitrogens with one attached hydrogen (secondary N) is 1. The van der Waals surface area contributed by atoms with Gasteiger partial charge in [-0.05, 0) is 31.2 Å². The fraction of sp³-hybridized carbons (Fsp3) is 0.467. The SMILES string of the molecule is CN[C@@H](CN1CC[C@H](O)C1)c1cccc(-c2nnco2)c1. The molecule has 6 heteroatoms. The molecule has 21 heavy (non-hydrogen) atoms. The van der Waals surface area contributed by atoms with Gasteiger partial charge in [0.1, 0.15) is 0 Å². The highest BCUT2D eigenvalue weighted by atomic mass is 16.4. The maximum Gasteiger partial charge on any atom is 0.247 e. The van der Waals surface area contributed by atoms with E-state index in [1.54, 1.807) is 0 Å². The zero-order chi connectivity index (χ0) is 14.7. The first-order valence-corrected chi connectivity index (χ1v) is 7.20. The predicted molar refractivity (Wildman–Crippen MR) is 78.6 cm³/mol. The van der Waals surface area contributed by atoms with Crippen LogP contribution in [-0.2, 0) is 0 Å². The third kappa shape index (κ3) is 3.29. The van der Waals surface area contributed by atoms with E-state index in [0.717, 1.165) is 31.6 Å². The van der Waals surface area contributed by atoms with E-state index in [2.05, 4.69) is 32.5 Å². The molecule has 1 aliphatic rings. The van der Waals surface area contributed by atoms with Gasteiger partial charge in [-0.3, -0.25) is 4.90 Å².